The molecule has 2 N–H and O–H groups in total. The van der Waals surface area contributed by atoms with Gasteiger partial charge in [0.2, 0.25) is 5.91 Å². The summed E-state index contributed by atoms with van der Waals surface area (Å²) in [5, 5.41) is 0. The molecule has 0 radical (unpaired) electrons. The van der Waals surface area contributed by atoms with Crippen LogP contribution in [0.25, 0.3) is 0 Å². The Morgan fingerprint density at radius 2 is 2.24 bits per heavy atom. The van der Waals surface area contributed by atoms with E-state index in [1.54, 1.807) is 0 Å². The van der Waals surface area contributed by atoms with Gasteiger partial charge in [-0.3, -0.25) is 4.79 Å². The minimum atomic E-state index is 0. The van der Waals surface area contributed by atoms with Crippen molar-refractivity contribution in [3.05, 3.63) is 0 Å². The number of carbonyl (C=O) groups is 1. The summed E-state index contributed by atoms with van der Waals surface area (Å²) in [6.45, 7) is 3.87. The second-order valence-corrected chi connectivity index (χ2v) is 5.68. The molecule has 17 heavy (non-hydrogen) atoms. The number of carbonyl (C=O) groups excluding carboxylic acids is 1. The lowest BCUT2D eigenvalue weighted by molar-refractivity contribution is -0.131. The Balaban J connectivity index is 0.00000256. The third kappa shape index (κ3) is 7.17. The van der Waals surface area contributed by atoms with E-state index in [4.69, 9.17) is 5.73 Å². The maximum atomic E-state index is 11.8. The van der Waals surface area contributed by atoms with E-state index >= 15 is 0 Å². The number of amides is 1. The van der Waals surface area contributed by atoms with Crippen LogP contribution in [0.1, 0.15) is 39.0 Å². The van der Waals surface area contributed by atoms with Gasteiger partial charge < -0.3 is 10.6 Å². The van der Waals surface area contributed by atoms with Gasteiger partial charge in [0.15, 0.2) is 0 Å². The van der Waals surface area contributed by atoms with Gasteiger partial charge in [0.25, 0.3) is 0 Å². The van der Waals surface area contributed by atoms with Crippen molar-refractivity contribution < 1.29 is 4.79 Å². The summed E-state index contributed by atoms with van der Waals surface area (Å²) in [5.41, 5.74) is 5.86. The highest BCUT2D eigenvalue weighted by Crippen LogP contribution is 2.12. The van der Waals surface area contributed by atoms with Crippen LogP contribution in [0.4, 0.5) is 0 Å². The van der Waals surface area contributed by atoms with Crippen molar-refractivity contribution in [2.24, 2.45) is 5.73 Å². The van der Waals surface area contributed by atoms with Crippen molar-refractivity contribution in [1.29, 1.82) is 0 Å². The summed E-state index contributed by atoms with van der Waals surface area (Å²) < 4.78 is 0. The summed E-state index contributed by atoms with van der Waals surface area (Å²) in [7, 11) is 0. The van der Waals surface area contributed by atoms with Crippen LogP contribution in [0.15, 0.2) is 0 Å². The highest BCUT2D eigenvalue weighted by atomic mass is 35.5. The topological polar surface area (TPSA) is 46.3 Å². The van der Waals surface area contributed by atoms with Gasteiger partial charge in [0.05, 0.1) is 0 Å². The molecular formula is C12H25ClN2OS. The predicted octanol–water partition coefficient (Wildman–Crippen LogP) is 2.28. The number of hydrogen-bond acceptors (Lipinski definition) is 3. The maximum Gasteiger partial charge on any atom is 0.223 e. The number of nitrogens with zero attached hydrogens (tertiary/aromatic N) is 1. The van der Waals surface area contributed by atoms with Gasteiger partial charge in [0.1, 0.15) is 0 Å². The number of rotatable bonds is 6. The van der Waals surface area contributed by atoms with Crippen molar-refractivity contribution in [3.63, 3.8) is 0 Å². The molecule has 1 aliphatic heterocycles. The predicted molar refractivity (Wildman–Crippen MR) is 77.9 cm³/mol. The van der Waals surface area contributed by atoms with E-state index in [9.17, 15) is 4.79 Å². The maximum absolute atomic E-state index is 11.8. The molecule has 0 aromatic rings. The standard InChI is InChI=1S/C12H24N2OS.ClH/c1-2-3-8-16-9-6-12(15)14-7-4-5-11(13)10-14;/h11H,2-10,13H2,1H3;1H. The molecule has 0 saturated carbocycles. The summed E-state index contributed by atoms with van der Waals surface area (Å²) >= 11 is 1.89. The van der Waals surface area contributed by atoms with Gasteiger partial charge in [-0.25, -0.2) is 0 Å². The molecular weight excluding hydrogens is 256 g/mol. The third-order valence-corrected chi connectivity index (χ3v) is 3.98. The first kappa shape index (κ1) is 17.1. The van der Waals surface area contributed by atoms with Crippen LogP contribution in [-0.2, 0) is 4.79 Å². The van der Waals surface area contributed by atoms with E-state index in [0.29, 0.717) is 12.3 Å². The Morgan fingerprint density at radius 3 is 2.88 bits per heavy atom. The Kier molecular flexibility index (Phi) is 10.1. The first-order valence-electron chi connectivity index (χ1n) is 6.35. The van der Waals surface area contributed by atoms with Crippen LogP contribution in [0.5, 0.6) is 0 Å². The number of likely N-dealkylation sites (tertiary alicyclic amines) is 1. The van der Waals surface area contributed by atoms with Crippen LogP contribution < -0.4 is 5.73 Å². The lowest BCUT2D eigenvalue weighted by Crippen LogP contribution is -2.45. The highest BCUT2D eigenvalue weighted by molar-refractivity contribution is 7.99. The molecule has 1 aliphatic rings. The second kappa shape index (κ2) is 10.0. The number of nitrogens with two attached hydrogens (primary N) is 1. The molecule has 5 heteroatoms. The Morgan fingerprint density at radius 1 is 1.47 bits per heavy atom. The van der Waals surface area contributed by atoms with E-state index in [2.05, 4.69) is 6.92 Å². The molecule has 1 heterocycles. The van der Waals surface area contributed by atoms with Crippen molar-refractivity contribution >= 4 is 30.1 Å². The van der Waals surface area contributed by atoms with Gasteiger partial charge >= 0.3 is 0 Å². The number of hydrogen-bond donors (Lipinski definition) is 1. The van der Waals surface area contributed by atoms with E-state index in [1.165, 1.54) is 18.6 Å². The zero-order valence-electron chi connectivity index (χ0n) is 10.7. The summed E-state index contributed by atoms with van der Waals surface area (Å²) in [6, 6.07) is 0.199. The molecule has 0 aromatic carbocycles. The van der Waals surface area contributed by atoms with Crippen LogP contribution in [0.2, 0.25) is 0 Å². The van der Waals surface area contributed by atoms with Crippen LogP contribution in [-0.4, -0.2) is 41.4 Å². The Labute approximate surface area is 115 Å². The largest absolute Gasteiger partial charge is 0.341 e. The minimum Gasteiger partial charge on any atom is -0.341 e. The van der Waals surface area contributed by atoms with Gasteiger partial charge in [-0.1, -0.05) is 13.3 Å². The molecule has 1 unspecified atom stereocenters. The lowest BCUT2D eigenvalue weighted by Gasteiger charge is -2.30. The Hall–Kier alpha value is 0.0700. The summed E-state index contributed by atoms with van der Waals surface area (Å²) in [4.78, 5) is 13.8. The van der Waals surface area contributed by atoms with Crippen molar-refractivity contribution in [1.82, 2.24) is 4.90 Å². The number of thioether (sulfide) groups is 1. The number of unbranched alkanes of at least 4 members (excludes halogenated alkanes) is 1. The molecule has 0 aromatic heterocycles. The minimum absolute atomic E-state index is 0. The molecule has 1 atom stereocenters. The molecule has 1 saturated heterocycles. The average Bonchev–Trinajstić information content (AvgIpc) is 2.28. The molecule has 3 nitrogen and oxygen atoms in total. The zero-order valence-corrected chi connectivity index (χ0v) is 12.3. The van der Waals surface area contributed by atoms with E-state index in [0.717, 1.165) is 31.7 Å². The van der Waals surface area contributed by atoms with Gasteiger partial charge in [0, 0.05) is 31.3 Å². The first-order valence-corrected chi connectivity index (χ1v) is 7.50. The van der Waals surface area contributed by atoms with Crippen molar-refractivity contribution in [3.8, 4) is 0 Å². The molecule has 0 aliphatic carbocycles. The van der Waals surface area contributed by atoms with E-state index in [-0.39, 0.29) is 18.4 Å². The van der Waals surface area contributed by atoms with Gasteiger partial charge in [-0.05, 0) is 25.0 Å². The molecule has 1 rings (SSSR count). The fourth-order valence-corrected chi connectivity index (χ4v) is 2.92. The smallest absolute Gasteiger partial charge is 0.223 e. The van der Waals surface area contributed by atoms with E-state index in [1.807, 2.05) is 16.7 Å². The fraction of sp³-hybridized carbons (Fsp3) is 0.917. The normalized spacial score (nSPS) is 19.9. The van der Waals surface area contributed by atoms with Crippen molar-refractivity contribution in [2.45, 2.75) is 45.1 Å². The molecule has 1 amide bonds. The van der Waals surface area contributed by atoms with Crippen LogP contribution in [0, 0.1) is 0 Å². The first-order chi connectivity index (χ1) is 7.74. The molecule has 0 bridgehead atoms. The lowest BCUT2D eigenvalue weighted by atomic mass is 10.1. The SMILES string of the molecule is CCCCSCCC(=O)N1CCCC(N)C1.Cl. The molecule has 1 fully saturated rings. The third-order valence-electron chi connectivity index (χ3n) is 2.91. The van der Waals surface area contributed by atoms with Crippen LogP contribution >= 0.6 is 24.2 Å². The highest BCUT2D eigenvalue weighted by Gasteiger charge is 2.20. The van der Waals surface area contributed by atoms with Gasteiger partial charge in [-0.15, -0.1) is 12.4 Å². The molecule has 0 spiro atoms. The number of piperidine rings is 1. The summed E-state index contributed by atoms with van der Waals surface area (Å²) in [6.07, 6.45) is 5.31. The van der Waals surface area contributed by atoms with Crippen LogP contribution in [0.3, 0.4) is 0 Å². The second-order valence-electron chi connectivity index (χ2n) is 4.46. The Bertz CT molecular complexity index is 217. The van der Waals surface area contributed by atoms with Crippen molar-refractivity contribution in [2.75, 3.05) is 24.6 Å². The average molecular weight is 281 g/mol. The monoisotopic (exact) mass is 280 g/mol. The van der Waals surface area contributed by atoms with E-state index < -0.39 is 0 Å². The van der Waals surface area contributed by atoms with Gasteiger partial charge in [-0.2, -0.15) is 11.8 Å². The summed E-state index contributed by atoms with van der Waals surface area (Å²) in [5.74, 6) is 2.44. The fourth-order valence-electron chi connectivity index (χ4n) is 1.90. The molecule has 102 valence electrons. The number of halogens is 1. The zero-order chi connectivity index (χ0) is 11.8. The quantitative estimate of drug-likeness (QED) is 0.760.